The zero-order chi connectivity index (χ0) is 51.8. The molecule has 2 aliphatic heterocycles. The lowest BCUT2D eigenvalue weighted by Gasteiger charge is -2.35. The first-order valence-corrected chi connectivity index (χ1v) is 24.5. The average molecular weight is 1020 g/mol. The van der Waals surface area contributed by atoms with Crippen LogP contribution in [0.4, 0.5) is 24.5 Å². The van der Waals surface area contributed by atoms with E-state index in [0.717, 1.165) is 38.7 Å². The van der Waals surface area contributed by atoms with E-state index in [-0.39, 0.29) is 55.6 Å². The smallest absolute Gasteiger partial charge is 0.417 e. The van der Waals surface area contributed by atoms with Crippen molar-refractivity contribution in [1.82, 2.24) is 20.5 Å². The van der Waals surface area contributed by atoms with E-state index in [0.29, 0.717) is 37.4 Å². The van der Waals surface area contributed by atoms with Gasteiger partial charge in [-0.05, 0) is 119 Å². The maximum absolute atomic E-state index is 14.0. The highest BCUT2D eigenvalue weighted by atomic mass is 32.1. The van der Waals surface area contributed by atoms with Crippen molar-refractivity contribution in [1.29, 1.82) is 5.26 Å². The molecule has 2 fully saturated rings. The quantitative estimate of drug-likeness (QED) is 0.0647. The molecule has 20 heteroatoms. The summed E-state index contributed by atoms with van der Waals surface area (Å²) >= 11 is 7.20. The Hall–Kier alpha value is -5.98. The lowest BCUT2D eigenvalue weighted by atomic mass is 9.85. The minimum atomic E-state index is -4.81. The molecule has 2 N–H and O–H groups in total. The first-order valence-electron chi connectivity index (χ1n) is 23.2. The van der Waals surface area contributed by atoms with Crippen molar-refractivity contribution in [3.8, 4) is 22.3 Å². The standard InChI is InChI=1S/C51H60F3N7O8S2/c1-31-43(71-30-57-31)35-13-11-34(12-14-35)28-56-45(63)41-10-9-21-59(41)46(64)44(49(4,5)6)58-42(62)29-69-33(3)32(2)67-24-22-66-23-25-68-39-19-17-37(18-20-39)61-48(70)60(47(65)50(61,7)8)38-16-15-36(27-55)40(26-38)51(52,53)54/h11-20,26,30,32-33,41,44H,9-10,21-25,28-29H2,1-8H3,(H,56,63)(H,58,62)/t32-,33-,41+,44?/m1/s1. The number of benzene rings is 3. The van der Waals surface area contributed by atoms with E-state index < -0.39 is 64.4 Å². The Morgan fingerprint density at radius 1 is 0.958 bits per heavy atom. The topological polar surface area (TPSA) is 176 Å². The van der Waals surface area contributed by atoms with Crippen LogP contribution in [-0.2, 0) is 46.1 Å². The van der Waals surface area contributed by atoms with Crippen LogP contribution in [0.5, 0.6) is 5.75 Å². The van der Waals surface area contributed by atoms with Crippen molar-refractivity contribution in [2.45, 2.75) is 111 Å². The molecular weight excluding hydrogens is 960 g/mol. The van der Waals surface area contributed by atoms with Crippen LogP contribution in [0.3, 0.4) is 0 Å². The Labute approximate surface area is 421 Å². The molecule has 2 aliphatic rings. The maximum Gasteiger partial charge on any atom is 0.417 e. The largest absolute Gasteiger partial charge is 0.491 e. The number of amides is 4. The second-order valence-corrected chi connectivity index (χ2v) is 20.2. The van der Waals surface area contributed by atoms with Crippen molar-refractivity contribution < 1.29 is 51.3 Å². The van der Waals surface area contributed by atoms with E-state index in [1.54, 1.807) is 72.2 Å². The molecule has 4 aromatic rings. The highest BCUT2D eigenvalue weighted by molar-refractivity contribution is 7.81. The van der Waals surface area contributed by atoms with Crippen LogP contribution in [0.2, 0.25) is 0 Å². The number of nitrogens with zero attached hydrogens (tertiary/aromatic N) is 5. The Morgan fingerprint density at radius 3 is 2.25 bits per heavy atom. The molecule has 2 saturated heterocycles. The second kappa shape index (κ2) is 23.1. The number of hydrogen-bond donors (Lipinski definition) is 2. The molecule has 0 radical (unpaired) electrons. The van der Waals surface area contributed by atoms with Gasteiger partial charge < -0.3 is 39.4 Å². The van der Waals surface area contributed by atoms with E-state index in [4.69, 9.17) is 31.2 Å². The van der Waals surface area contributed by atoms with Gasteiger partial charge in [0.1, 0.15) is 36.6 Å². The van der Waals surface area contributed by atoms with Gasteiger partial charge >= 0.3 is 6.18 Å². The Morgan fingerprint density at radius 2 is 1.62 bits per heavy atom. The third kappa shape index (κ3) is 13.1. The van der Waals surface area contributed by atoms with Crippen molar-refractivity contribution in [2.24, 2.45) is 5.41 Å². The van der Waals surface area contributed by atoms with Gasteiger partial charge in [0.15, 0.2) is 5.11 Å². The number of alkyl halides is 3. The number of carbonyl (C=O) groups is 4. The second-order valence-electron chi connectivity index (χ2n) is 18.9. The normalized spacial score (nSPS) is 17.2. The number of thiazole rings is 1. The number of carbonyl (C=O) groups excluding carboxylic acids is 4. The number of aryl methyl sites for hydroxylation is 1. The zero-order valence-electron chi connectivity index (χ0n) is 41.1. The van der Waals surface area contributed by atoms with Gasteiger partial charge in [0.05, 0.1) is 71.0 Å². The summed E-state index contributed by atoms with van der Waals surface area (Å²) in [6.07, 6.45) is -4.50. The highest BCUT2D eigenvalue weighted by Gasteiger charge is 2.51. The monoisotopic (exact) mass is 1020 g/mol. The molecule has 380 valence electrons. The summed E-state index contributed by atoms with van der Waals surface area (Å²) in [5.74, 6) is -1.06. The van der Waals surface area contributed by atoms with E-state index in [9.17, 15) is 37.6 Å². The fourth-order valence-corrected chi connectivity index (χ4v) is 9.56. The van der Waals surface area contributed by atoms with Crippen LogP contribution in [0.1, 0.15) is 83.7 Å². The molecule has 0 spiro atoms. The Kier molecular flexibility index (Phi) is 17.6. The van der Waals surface area contributed by atoms with Gasteiger partial charge in [-0.1, -0.05) is 45.0 Å². The molecule has 1 unspecified atom stereocenters. The fraction of sp³-hybridized carbons (Fsp3) is 0.471. The number of nitrogens with one attached hydrogen (secondary N) is 2. The number of aromatic nitrogens is 1. The molecule has 4 atom stereocenters. The summed E-state index contributed by atoms with van der Waals surface area (Å²) in [6, 6.07) is 17.7. The molecule has 3 aromatic carbocycles. The van der Waals surface area contributed by atoms with Crippen LogP contribution in [0.15, 0.2) is 72.2 Å². The van der Waals surface area contributed by atoms with Crippen LogP contribution in [0.25, 0.3) is 10.4 Å². The van der Waals surface area contributed by atoms with Crippen LogP contribution in [0, 0.1) is 23.7 Å². The number of ether oxygens (including phenoxy) is 4. The minimum absolute atomic E-state index is 0.0193. The fourth-order valence-electron chi connectivity index (χ4n) is 8.22. The molecule has 0 aliphatic carbocycles. The summed E-state index contributed by atoms with van der Waals surface area (Å²) in [5.41, 5.74) is 1.58. The highest BCUT2D eigenvalue weighted by Crippen LogP contribution is 2.40. The summed E-state index contributed by atoms with van der Waals surface area (Å²) in [7, 11) is 0. The molecule has 1 aromatic heterocycles. The summed E-state index contributed by atoms with van der Waals surface area (Å²) in [4.78, 5) is 63.8. The SMILES string of the molecule is Cc1ncsc1-c1ccc(CNC(=O)[C@@H]2CCCN2C(=O)C(NC(=O)CO[C@H](C)[C@@H](C)OCCOCCOc2ccc(N3C(=S)N(c4ccc(C#N)c(C(F)(F)F)c4)C(=O)C3(C)C)cc2)C(C)(C)C)cc1. The van der Waals surface area contributed by atoms with E-state index in [1.165, 1.54) is 6.07 Å². The third-order valence-corrected chi connectivity index (χ3v) is 13.7. The third-order valence-electron chi connectivity index (χ3n) is 12.4. The Balaban J connectivity index is 0.889. The average Bonchev–Trinajstić information content (AvgIpc) is 4.04. The lowest BCUT2D eigenvalue weighted by molar-refractivity contribution is -0.145. The molecule has 71 heavy (non-hydrogen) atoms. The van der Waals surface area contributed by atoms with E-state index in [1.807, 2.05) is 64.4 Å². The van der Waals surface area contributed by atoms with E-state index in [2.05, 4.69) is 15.6 Å². The van der Waals surface area contributed by atoms with E-state index >= 15 is 0 Å². The number of anilines is 2. The summed E-state index contributed by atoms with van der Waals surface area (Å²) in [6.45, 7) is 15.7. The number of rotatable bonds is 20. The number of thiocarbonyl (C=S) groups is 1. The predicted octanol–water partition coefficient (Wildman–Crippen LogP) is 7.97. The molecule has 3 heterocycles. The van der Waals surface area contributed by atoms with Crippen LogP contribution < -0.4 is 25.2 Å². The molecule has 15 nitrogen and oxygen atoms in total. The van der Waals surface area contributed by atoms with Gasteiger partial charge in [0.25, 0.3) is 5.91 Å². The van der Waals surface area contributed by atoms with Crippen LogP contribution >= 0.6 is 23.6 Å². The molecule has 0 saturated carbocycles. The van der Waals surface area contributed by atoms with Crippen molar-refractivity contribution in [3.63, 3.8) is 0 Å². The van der Waals surface area contributed by atoms with Gasteiger partial charge in [-0.15, -0.1) is 11.3 Å². The summed E-state index contributed by atoms with van der Waals surface area (Å²) < 4.78 is 64.4. The zero-order valence-corrected chi connectivity index (χ0v) is 42.7. The van der Waals surface area contributed by atoms with Gasteiger partial charge in [-0.25, -0.2) is 4.98 Å². The first kappa shape index (κ1) is 54.4. The number of hydrogen-bond acceptors (Lipinski definition) is 12. The number of halogens is 3. The van der Waals surface area contributed by atoms with Gasteiger partial charge in [-0.3, -0.25) is 24.1 Å². The predicted molar refractivity (Wildman–Crippen MR) is 267 cm³/mol. The molecule has 6 rings (SSSR count). The van der Waals surface area contributed by atoms with Crippen molar-refractivity contribution >= 4 is 63.7 Å². The molecule has 0 bridgehead atoms. The summed E-state index contributed by atoms with van der Waals surface area (Å²) in [5, 5.41) is 15.0. The number of likely N-dealkylation sites (tertiary alicyclic amines) is 1. The van der Waals surface area contributed by atoms with Crippen LogP contribution in [-0.4, -0.2) is 108 Å². The minimum Gasteiger partial charge on any atom is -0.491 e. The number of nitriles is 1. The van der Waals surface area contributed by atoms with Crippen molar-refractivity contribution in [2.75, 3.05) is 49.4 Å². The van der Waals surface area contributed by atoms with Gasteiger partial charge in [-0.2, -0.15) is 18.4 Å². The van der Waals surface area contributed by atoms with Gasteiger partial charge in [0.2, 0.25) is 17.7 Å². The first-order chi connectivity index (χ1) is 33.5. The lowest BCUT2D eigenvalue weighted by Crippen LogP contribution is -2.58. The van der Waals surface area contributed by atoms with Crippen molar-refractivity contribution in [3.05, 3.63) is 94.6 Å². The Bertz CT molecular complexity index is 2600. The van der Waals surface area contributed by atoms with Gasteiger partial charge in [0, 0.05) is 18.8 Å². The molecule has 4 amide bonds. The maximum atomic E-state index is 14.0. The molecular formula is C51H60F3N7O8S2.